The van der Waals surface area contributed by atoms with E-state index in [1.54, 1.807) is 32.0 Å². The predicted molar refractivity (Wildman–Crippen MR) is 67.3 cm³/mol. The molecule has 1 rings (SSSR count). The Bertz CT molecular complexity index is 399. The third-order valence-electron chi connectivity index (χ3n) is 2.37. The second kappa shape index (κ2) is 5.27. The SMILES string of the molecule is CCN(C(=O)CC(C)(C)N)c1ccccc1F. The van der Waals surface area contributed by atoms with Crippen molar-refractivity contribution in [2.24, 2.45) is 5.73 Å². The van der Waals surface area contributed by atoms with Crippen LogP contribution in [0.3, 0.4) is 0 Å². The maximum absolute atomic E-state index is 13.6. The van der Waals surface area contributed by atoms with Crippen molar-refractivity contribution in [3.05, 3.63) is 30.1 Å². The second-order valence-electron chi connectivity index (χ2n) is 4.75. The highest BCUT2D eigenvalue weighted by Crippen LogP contribution is 2.20. The fourth-order valence-corrected chi connectivity index (χ4v) is 1.64. The van der Waals surface area contributed by atoms with E-state index in [2.05, 4.69) is 0 Å². The minimum Gasteiger partial charge on any atom is -0.325 e. The van der Waals surface area contributed by atoms with E-state index in [1.807, 2.05) is 6.92 Å². The molecule has 0 spiro atoms. The topological polar surface area (TPSA) is 46.3 Å². The molecule has 0 atom stereocenters. The van der Waals surface area contributed by atoms with Crippen LogP contribution in [0.2, 0.25) is 0 Å². The van der Waals surface area contributed by atoms with Gasteiger partial charge in [-0.15, -0.1) is 0 Å². The zero-order chi connectivity index (χ0) is 13.1. The number of para-hydroxylation sites is 1. The summed E-state index contributed by atoms with van der Waals surface area (Å²) in [6.07, 6.45) is 0.190. The lowest BCUT2D eigenvalue weighted by Crippen LogP contribution is -2.41. The molecule has 0 unspecified atom stereocenters. The summed E-state index contributed by atoms with van der Waals surface area (Å²) >= 11 is 0. The van der Waals surface area contributed by atoms with E-state index in [9.17, 15) is 9.18 Å². The zero-order valence-corrected chi connectivity index (χ0v) is 10.5. The average molecular weight is 238 g/mol. The van der Waals surface area contributed by atoms with E-state index in [1.165, 1.54) is 11.0 Å². The van der Waals surface area contributed by atoms with Crippen molar-refractivity contribution in [2.75, 3.05) is 11.4 Å². The lowest BCUT2D eigenvalue weighted by molar-refractivity contribution is -0.119. The molecule has 0 saturated heterocycles. The molecule has 0 fully saturated rings. The van der Waals surface area contributed by atoms with Crippen LogP contribution >= 0.6 is 0 Å². The Morgan fingerprint density at radius 2 is 2.00 bits per heavy atom. The van der Waals surface area contributed by atoms with Crippen molar-refractivity contribution in [1.82, 2.24) is 0 Å². The number of amides is 1. The van der Waals surface area contributed by atoms with E-state index in [4.69, 9.17) is 5.73 Å². The van der Waals surface area contributed by atoms with Gasteiger partial charge in [0.05, 0.1) is 5.69 Å². The summed E-state index contributed by atoms with van der Waals surface area (Å²) in [5, 5.41) is 0. The molecule has 0 saturated carbocycles. The molecular formula is C13H19FN2O. The van der Waals surface area contributed by atoms with Gasteiger partial charge in [-0.25, -0.2) is 4.39 Å². The lowest BCUT2D eigenvalue weighted by Gasteiger charge is -2.26. The molecule has 0 heterocycles. The maximum Gasteiger partial charge on any atom is 0.228 e. The predicted octanol–water partition coefficient (Wildman–Crippen LogP) is 2.31. The number of anilines is 1. The van der Waals surface area contributed by atoms with Gasteiger partial charge in [-0.3, -0.25) is 4.79 Å². The van der Waals surface area contributed by atoms with Gasteiger partial charge in [0.2, 0.25) is 5.91 Å². The molecule has 1 aromatic carbocycles. The molecule has 0 aliphatic heterocycles. The largest absolute Gasteiger partial charge is 0.325 e. The smallest absolute Gasteiger partial charge is 0.228 e. The molecular weight excluding hydrogens is 219 g/mol. The van der Waals surface area contributed by atoms with Crippen LogP contribution in [0.5, 0.6) is 0 Å². The van der Waals surface area contributed by atoms with E-state index >= 15 is 0 Å². The number of nitrogens with zero attached hydrogens (tertiary/aromatic N) is 1. The van der Waals surface area contributed by atoms with Crippen LogP contribution in [-0.2, 0) is 4.79 Å². The fourth-order valence-electron chi connectivity index (χ4n) is 1.64. The van der Waals surface area contributed by atoms with Crippen LogP contribution in [0.25, 0.3) is 0 Å². The standard InChI is InChI=1S/C13H19FN2O/c1-4-16(12(17)9-13(2,3)15)11-8-6-5-7-10(11)14/h5-8H,4,9,15H2,1-3H3. The highest BCUT2D eigenvalue weighted by Gasteiger charge is 2.23. The summed E-state index contributed by atoms with van der Waals surface area (Å²) in [6, 6.07) is 6.26. The highest BCUT2D eigenvalue weighted by molar-refractivity contribution is 5.94. The highest BCUT2D eigenvalue weighted by atomic mass is 19.1. The number of rotatable bonds is 4. The van der Waals surface area contributed by atoms with E-state index in [-0.39, 0.29) is 12.3 Å². The summed E-state index contributed by atoms with van der Waals surface area (Å²) in [6.45, 7) is 5.80. The third-order valence-corrected chi connectivity index (χ3v) is 2.37. The molecule has 94 valence electrons. The minimum atomic E-state index is -0.588. The number of halogens is 1. The molecule has 4 heteroatoms. The first kappa shape index (κ1) is 13.6. The maximum atomic E-state index is 13.6. The molecule has 2 N–H and O–H groups in total. The Kier molecular flexibility index (Phi) is 4.23. The van der Waals surface area contributed by atoms with Crippen molar-refractivity contribution in [3.63, 3.8) is 0 Å². The Labute approximate surface area is 101 Å². The molecule has 1 amide bonds. The van der Waals surface area contributed by atoms with Crippen LogP contribution in [0.1, 0.15) is 27.2 Å². The van der Waals surface area contributed by atoms with Gasteiger partial charge < -0.3 is 10.6 Å². The first-order valence-corrected chi connectivity index (χ1v) is 5.69. The zero-order valence-electron chi connectivity index (χ0n) is 10.5. The monoisotopic (exact) mass is 238 g/mol. The Hall–Kier alpha value is -1.42. The van der Waals surface area contributed by atoms with Crippen LogP contribution in [0.15, 0.2) is 24.3 Å². The van der Waals surface area contributed by atoms with Crippen molar-refractivity contribution in [1.29, 1.82) is 0 Å². The molecule has 0 bridgehead atoms. The molecule has 3 nitrogen and oxygen atoms in total. The third kappa shape index (κ3) is 3.82. The van der Waals surface area contributed by atoms with Gasteiger partial charge in [-0.2, -0.15) is 0 Å². The van der Waals surface area contributed by atoms with Gasteiger partial charge in [0, 0.05) is 18.5 Å². The summed E-state index contributed by atoms with van der Waals surface area (Å²) in [7, 11) is 0. The quantitative estimate of drug-likeness (QED) is 0.875. The van der Waals surface area contributed by atoms with E-state index in [0.717, 1.165) is 0 Å². The van der Waals surface area contributed by atoms with Gasteiger partial charge in [-0.05, 0) is 32.9 Å². The Morgan fingerprint density at radius 1 is 1.41 bits per heavy atom. The van der Waals surface area contributed by atoms with Gasteiger partial charge in [0.1, 0.15) is 5.82 Å². The van der Waals surface area contributed by atoms with E-state index < -0.39 is 11.4 Å². The number of carbonyl (C=O) groups is 1. The van der Waals surface area contributed by atoms with E-state index in [0.29, 0.717) is 12.2 Å². The van der Waals surface area contributed by atoms with Gasteiger partial charge in [0.25, 0.3) is 0 Å². The molecule has 0 radical (unpaired) electrons. The summed E-state index contributed by atoms with van der Waals surface area (Å²) in [5.74, 6) is -0.553. The first-order chi connectivity index (χ1) is 7.85. The lowest BCUT2D eigenvalue weighted by atomic mass is 10.0. The molecule has 0 aliphatic rings. The van der Waals surface area contributed by atoms with Gasteiger partial charge >= 0.3 is 0 Å². The summed E-state index contributed by atoms with van der Waals surface area (Å²) in [5.41, 5.74) is 5.53. The molecule has 17 heavy (non-hydrogen) atoms. The Balaban J connectivity index is 2.93. The number of nitrogens with two attached hydrogens (primary N) is 1. The molecule has 0 aromatic heterocycles. The van der Waals surface area contributed by atoms with Crippen LogP contribution in [0, 0.1) is 5.82 Å². The van der Waals surface area contributed by atoms with Crippen molar-refractivity contribution >= 4 is 11.6 Å². The molecule has 1 aromatic rings. The summed E-state index contributed by atoms with van der Waals surface area (Å²) < 4.78 is 13.6. The van der Waals surface area contributed by atoms with Crippen molar-refractivity contribution in [2.45, 2.75) is 32.7 Å². The van der Waals surface area contributed by atoms with Crippen molar-refractivity contribution in [3.8, 4) is 0 Å². The van der Waals surface area contributed by atoms with Gasteiger partial charge in [-0.1, -0.05) is 12.1 Å². The van der Waals surface area contributed by atoms with Crippen LogP contribution in [0.4, 0.5) is 10.1 Å². The van der Waals surface area contributed by atoms with Crippen LogP contribution in [-0.4, -0.2) is 18.0 Å². The molecule has 0 aliphatic carbocycles. The Morgan fingerprint density at radius 3 is 2.47 bits per heavy atom. The number of benzene rings is 1. The number of hydrogen-bond donors (Lipinski definition) is 1. The minimum absolute atomic E-state index is 0.162. The first-order valence-electron chi connectivity index (χ1n) is 5.69. The van der Waals surface area contributed by atoms with Gasteiger partial charge in [0.15, 0.2) is 0 Å². The van der Waals surface area contributed by atoms with Crippen molar-refractivity contribution < 1.29 is 9.18 Å². The number of hydrogen-bond acceptors (Lipinski definition) is 2. The normalized spacial score (nSPS) is 11.4. The second-order valence-corrected chi connectivity index (χ2v) is 4.75. The number of carbonyl (C=O) groups excluding carboxylic acids is 1. The van der Waals surface area contributed by atoms with Crippen LogP contribution < -0.4 is 10.6 Å². The summed E-state index contributed by atoms with van der Waals surface area (Å²) in [4.78, 5) is 13.4. The fraction of sp³-hybridized carbons (Fsp3) is 0.462. The average Bonchev–Trinajstić information content (AvgIpc) is 2.19.